The average molecular weight is 442 g/mol. The van der Waals surface area contributed by atoms with E-state index in [-0.39, 0.29) is 42.2 Å². The lowest BCUT2D eigenvalue weighted by molar-refractivity contribution is 0.129. The van der Waals surface area contributed by atoms with Crippen LogP contribution in [0.5, 0.6) is 0 Å². The topological polar surface area (TPSA) is 117 Å². The zero-order chi connectivity index (χ0) is 26.6. The van der Waals surface area contributed by atoms with Gasteiger partial charge in [0, 0.05) is 56.5 Å². The van der Waals surface area contributed by atoms with Gasteiger partial charge < -0.3 is 10.4 Å². The molecule has 9 nitrogen and oxygen atoms in total. The molecule has 0 aromatic carbocycles. The summed E-state index contributed by atoms with van der Waals surface area (Å²) in [6, 6.07) is 0.604. The fourth-order valence-electron chi connectivity index (χ4n) is 4.41. The lowest BCUT2D eigenvalue weighted by atomic mass is 10.0. The normalized spacial score (nSPS) is 30.1. The van der Waals surface area contributed by atoms with Crippen LogP contribution in [0.15, 0.2) is 17.1 Å². The first-order chi connectivity index (χ1) is 16.6. The van der Waals surface area contributed by atoms with Gasteiger partial charge in [-0.05, 0) is 38.6 Å². The van der Waals surface area contributed by atoms with Crippen molar-refractivity contribution >= 4 is 27.0 Å². The molecule has 4 rings (SSSR count). The van der Waals surface area contributed by atoms with Crippen LogP contribution in [0.3, 0.4) is 0 Å². The molecule has 1 saturated carbocycles. The van der Waals surface area contributed by atoms with Crippen LogP contribution in [-0.4, -0.2) is 63.8 Å². The summed E-state index contributed by atoms with van der Waals surface area (Å²) in [6.45, 7) is -0.774. The summed E-state index contributed by atoms with van der Waals surface area (Å²) in [5, 5.41) is 13.8. The number of aliphatic hydroxyl groups is 1. The summed E-state index contributed by atoms with van der Waals surface area (Å²) in [5.74, 6) is -0.103. The maximum atomic E-state index is 13.3. The van der Waals surface area contributed by atoms with Gasteiger partial charge in [-0.2, -0.15) is 4.98 Å². The molecule has 2 N–H and O–H groups in total. The molecule has 3 atom stereocenters. The molecule has 1 aliphatic heterocycles. The second-order valence-electron chi connectivity index (χ2n) is 8.10. The van der Waals surface area contributed by atoms with Gasteiger partial charge in [0.05, 0.1) is 12.3 Å². The number of sulfonamides is 1. The van der Waals surface area contributed by atoms with E-state index < -0.39 is 40.8 Å². The molecule has 30 heavy (non-hydrogen) atoms. The summed E-state index contributed by atoms with van der Waals surface area (Å²) in [6.07, 6.45) is -0.682. The Bertz CT molecular complexity index is 1300. The van der Waals surface area contributed by atoms with Gasteiger partial charge in [-0.25, -0.2) is 17.7 Å². The molecule has 10 heteroatoms. The van der Waals surface area contributed by atoms with Crippen LogP contribution in [0.1, 0.15) is 52.4 Å². The summed E-state index contributed by atoms with van der Waals surface area (Å²) in [4.78, 5) is 22.1. The van der Waals surface area contributed by atoms with Crippen molar-refractivity contribution in [2.45, 2.75) is 57.6 Å². The van der Waals surface area contributed by atoms with Crippen molar-refractivity contribution in [2.75, 3.05) is 24.6 Å². The Morgan fingerprint density at radius 3 is 2.67 bits per heavy atom. The van der Waals surface area contributed by atoms with E-state index in [1.807, 2.05) is 6.92 Å². The number of hydrogen-bond acceptors (Lipinski definition) is 7. The van der Waals surface area contributed by atoms with Gasteiger partial charge in [0.1, 0.15) is 5.65 Å². The third-order valence-corrected chi connectivity index (χ3v) is 7.25. The first kappa shape index (κ1) is 14.9. The van der Waals surface area contributed by atoms with Crippen LogP contribution in [0, 0.1) is 12.8 Å². The van der Waals surface area contributed by atoms with E-state index in [2.05, 4.69) is 15.3 Å². The Kier molecular flexibility index (Phi) is 3.92. The summed E-state index contributed by atoms with van der Waals surface area (Å²) in [7, 11) is -4.40. The highest BCUT2D eigenvalue weighted by Gasteiger charge is 2.34. The van der Waals surface area contributed by atoms with Gasteiger partial charge in [-0.1, -0.05) is 6.92 Å². The summed E-state index contributed by atoms with van der Waals surface area (Å²) >= 11 is 0. The van der Waals surface area contributed by atoms with E-state index in [1.54, 1.807) is 0 Å². The maximum absolute atomic E-state index is 13.3. The molecule has 0 unspecified atom stereocenters. The molecule has 2 aromatic heterocycles. The SMILES string of the molecule is [2H]C([2H])([2H])c1cc2cnc(NC3CCN(S(=O)(=O)C([2H])([2H])[2H])CC3)nc2n([C@@H]2CC[C@@H](O)[C@H]2C)c1=O. The highest BCUT2D eigenvalue weighted by Crippen LogP contribution is 2.36. The van der Waals surface area contributed by atoms with Crippen LogP contribution in [0.2, 0.25) is 0 Å². The number of pyridine rings is 1. The van der Waals surface area contributed by atoms with Crippen molar-refractivity contribution in [3.8, 4) is 0 Å². The van der Waals surface area contributed by atoms with Crippen molar-refractivity contribution in [1.29, 1.82) is 0 Å². The van der Waals surface area contributed by atoms with Crippen molar-refractivity contribution < 1.29 is 21.7 Å². The Balaban J connectivity index is 1.65. The fourth-order valence-corrected chi connectivity index (χ4v) is 5.10. The molecule has 2 aromatic rings. The predicted octanol–water partition coefficient (Wildman–Crippen LogP) is 1.27. The Morgan fingerprint density at radius 1 is 1.27 bits per heavy atom. The maximum Gasteiger partial charge on any atom is 0.255 e. The smallest absolute Gasteiger partial charge is 0.255 e. The molecular formula is C20H29N5O4S. The zero-order valence-electron chi connectivity index (χ0n) is 22.6. The van der Waals surface area contributed by atoms with E-state index >= 15 is 0 Å². The molecule has 164 valence electrons. The van der Waals surface area contributed by atoms with Gasteiger partial charge in [0.15, 0.2) is 0 Å². The summed E-state index contributed by atoms with van der Waals surface area (Å²) in [5.41, 5.74) is -0.768. The third-order valence-electron chi connectivity index (χ3n) is 6.20. The van der Waals surface area contributed by atoms with Gasteiger partial charge in [0.25, 0.3) is 5.56 Å². The third kappa shape index (κ3) is 3.95. The van der Waals surface area contributed by atoms with E-state index in [4.69, 9.17) is 8.22 Å². The van der Waals surface area contributed by atoms with Crippen molar-refractivity contribution in [3.63, 3.8) is 0 Å². The number of aliphatic hydroxyl groups excluding tert-OH is 1. The minimum absolute atomic E-state index is 0.0239. The number of nitrogens with zero attached hydrogens (tertiary/aromatic N) is 4. The number of nitrogens with one attached hydrogen (secondary N) is 1. The van der Waals surface area contributed by atoms with Crippen LogP contribution in [0.4, 0.5) is 5.95 Å². The first-order valence-corrected chi connectivity index (χ1v) is 11.4. The molecule has 0 spiro atoms. The molecule has 0 bridgehead atoms. The number of fused-ring (bicyclic) bond motifs is 1. The average Bonchev–Trinajstić information content (AvgIpc) is 3.10. The Labute approximate surface area is 184 Å². The van der Waals surface area contributed by atoms with E-state index in [1.165, 1.54) is 16.8 Å². The minimum atomic E-state index is -4.40. The van der Waals surface area contributed by atoms with Crippen LogP contribution in [0.25, 0.3) is 11.0 Å². The number of aryl methyl sites for hydroxylation is 1. The molecule has 0 radical (unpaired) electrons. The lowest BCUT2D eigenvalue weighted by Crippen LogP contribution is -2.42. The van der Waals surface area contributed by atoms with E-state index in [0.29, 0.717) is 31.1 Å². The van der Waals surface area contributed by atoms with Crippen LogP contribution >= 0.6 is 0 Å². The van der Waals surface area contributed by atoms with Crippen molar-refractivity contribution in [2.24, 2.45) is 5.92 Å². The van der Waals surface area contributed by atoms with E-state index in [9.17, 15) is 18.3 Å². The van der Waals surface area contributed by atoms with Gasteiger partial charge in [-0.15, -0.1) is 0 Å². The van der Waals surface area contributed by atoms with Gasteiger partial charge in [-0.3, -0.25) is 9.36 Å². The molecule has 2 fully saturated rings. The molecule has 3 heterocycles. The molecule has 1 saturated heterocycles. The monoisotopic (exact) mass is 441 g/mol. The van der Waals surface area contributed by atoms with Crippen LogP contribution < -0.4 is 10.9 Å². The van der Waals surface area contributed by atoms with Crippen LogP contribution in [-0.2, 0) is 10.0 Å². The molecule has 2 aliphatic rings. The highest BCUT2D eigenvalue weighted by molar-refractivity contribution is 7.88. The highest BCUT2D eigenvalue weighted by atomic mass is 32.2. The van der Waals surface area contributed by atoms with E-state index in [0.717, 1.165) is 4.31 Å². The number of piperidine rings is 1. The minimum Gasteiger partial charge on any atom is -0.393 e. The molecule has 1 aliphatic carbocycles. The quantitative estimate of drug-likeness (QED) is 0.734. The lowest BCUT2D eigenvalue weighted by Gasteiger charge is -2.30. The zero-order valence-corrected chi connectivity index (χ0v) is 17.4. The summed E-state index contributed by atoms with van der Waals surface area (Å²) < 4.78 is 71.8. The molecular weight excluding hydrogens is 406 g/mol. The number of anilines is 1. The number of rotatable bonds is 4. The largest absolute Gasteiger partial charge is 0.393 e. The fraction of sp³-hybridized carbons (Fsp3) is 0.650. The number of hydrogen-bond donors (Lipinski definition) is 2. The standard InChI is InChI=1S/C20H29N5O4S/c1-12-10-14-11-21-20(22-15-6-8-24(9-7-15)30(3,28)29)23-18(14)25(19(12)27)16-4-5-17(26)13(16)2/h10-11,13,15-17,26H,4-9H2,1-3H3,(H,21,22,23)/t13-,16+,17+/m0/s1/i1D3,3D3. The van der Waals surface area contributed by atoms with Gasteiger partial charge >= 0.3 is 0 Å². The first-order valence-electron chi connectivity index (χ1n) is 13.0. The second-order valence-corrected chi connectivity index (χ2v) is 9.57. The van der Waals surface area contributed by atoms with Crippen molar-refractivity contribution in [1.82, 2.24) is 18.8 Å². The Morgan fingerprint density at radius 2 is 2.03 bits per heavy atom. The predicted molar refractivity (Wildman–Crippen MR) is 115 cm³/mol. The molecule has 0 amide bonds. The van der Waals surface area contributed by atoms with Crippen molar-refractivity contribution in [3.05, 3.63) is 28.2 Å². The number of aromatic nitrogens is 3. The Hall–Kier alpha value is -2.04. The second kappa shape index (κ2) is 7.90. The van der Waals surface area contributed by atoms with Gasteiger partial charge in [0.2, 0.25) is 16.0 Å².